The second-order valence-electron chi connectivity index (χ2n) is 5.55. The van der Waals surface area contributed by atoms with Crippen LogP contribution in [0.4, 0.5) is 4.79 Å². The van der Waals surface area contributed by atoms with Crippen LogP contribution in [0.2, 0.25) is 0 Å². The topological polar surface area (TPSA) is 91.4 Å². The first-order valence-electron chi connectivity index (χ1n) is 7.56. The summed E-state index contributed by atoms with van der Waals surface area (Å²) in [5.41, 5.74) is 1.80. The van der Waals surface area contributed by atoms with Crippen LogP contribution in [-0.4, -0.2) is 33.6 Å². The smallest absolute Gasteiger partial charge is 0.318 e. The van der Waals surface area contributed by atoms with Crippen LogP contribution in [0.1, 0.15) is 12.5 Å². The average Bonchev–Trinajstić information content (AvgIpc) is 2.86. The number of carbonyl (C=O) groups is 3. The van der Waals surface area contributed by atoms with Crippen molar-refractivity contribution in [2.75, 3.05) is 5.75 Å². The standard InChI is InChI=1S/C17H16N4O3S/c1-17(12-7-3-2-4-8-12)15(23)21(16(24)19-17)20-13(22)11-25-14-9-5-6-10-18-14/h2-10H,11H2,1H3,(H,19,24)(H,20,22). The zero-order chi connectivity index (χ0) is 17.9. The van der Waals surface area contributed by atoms with Crippen LogP contribution in [0.3, 0.4) is 0 Å². The Morgan fingerprint density at radius 1 is 1.20 bits per heavy atom. The molecule has 1 aliphatic rings. The fraction of sp³-hybridized carbons (Fsp3) is 0.176. The zero-order valence-electron chi connectivity index (χ0n) is 13.4. The second-order valence-corrected chi connectivity index (χ2v) is 6.55. The highest BCUT2D eigenvalue weighted by Gasteiger charge is 2.49. The Kier molecular flexibility index (Phi) is 4.71. The summed E-state index contributed by atoms with van der Waals surface area (Å²) in [6.45, 7) is 1.61. The molecular weight excluding hydrogens is 340 g/mol. The largest absolute Gasteiger partial charge is 0.344 e. The maximum absolute atomic E-state index is 12.7. The molecule has 25 heavy (non-hydrogen) atoms. The number of amides is 4. The Bertz CT molecular complexity index is 800. The molecule has 8 heteroatoms. The van der Waals surface area contributed by atoms with Gasteiger partial charge in [0.2, 0.25) is 5.91 Å². The number of nitrogens with zero attached hydrogens (tertiary/aromatic N) is 2. The zero-order valence-corrected chi connectivity index (χ0v) is 14.2. The molecule has 1 aromatic heterocycles. The number of hydrazine groups is 1. The molecule has 1 fully saturated rings. The monoisotopic (exact) mass is 356 g/mol. The molecule has 0 spiro atoms. The van der Waals surface area contributed by atoms with Crippen LogP contribution >= 0.6 is 11.8 Å². The number of carbonyl (C=O) groups excluding carboxylic acids is 3. The molecule has 0 radical (unpaired) electrons. The molecule has 128 valence electrons. The van der Waals surface area contributed by atoms with E-state index in [1.165, 1.54) is 11.8 Å². The molecule has 2 N–H and O–H groups in total. The van der Waals surface area contributed by atoms with Crippen molar-refractivity contribution in [2.24, 2.45) is 0 Å². The minimum absolute atomic E-state index is 0.0378. The first-order chi connectivity index (χ1) is 12.0. The molecule has 0 bridgehead atoms. The molecule has 7 nitrogen and oxygen atoms in total. The Balaban J connectivity index is 1.66. The van der Waals surface area contributed by atoms with E-state index in [0.29, 0.717) is 10.6 Å². The van der Waals surface area contributed by atoms with Gasteiger partial charge in [-0.05, 0) is 24.6 Å². The normalized spacial score (nSPS) is 19.6. The van der Waals surface area contributed by atoms with Gasteiger partial charge < -0.3 is 5.32 Å². The Hall–Kier alpha value is -2.87. The number of rotatable bonds is 5. The third-order valence-corrected chi connectivity index (χ3v) is 4.71. The van der Waals surface area contributed by atoms with Crippen LogP contribution in [-0.2, 0) is 15.1 Å². The van der Waals surface area contributed by atoms with Crippen molar-refractivity contribution in [1.82, 2.24) is 20.7 Å². The van der Waals surface area contributed by atoms with Gasteiger partial charge >= 0.3 is 6.03 Å². The van der Waals surface area contributed by atoms with Crippen molar-refractivity contribution >= 4 is 29.6 Å². The van der Waals surface area contributed by atoms with Gasteiger partial charge in [-0.15, -0.1) is 0 Å². The summed E-state index contributed by atoms with van der Waals surface area (Å²) in [5, 5.41) is 4.04. The molecule has 1 aliphatic heterocycles. The number of imide groups is 1. The van der Waals surface area contributed by atoms with Gasteiger partial charge in [-0.1, -0.05) is 48.2 Å². The highest BCUT2D eigenvalue weighted by Crippen LogP contribution is 2.27. The molecule has 1 atom stereocenters. The molecule has 2 heterocycles. The van der Waals surface area contributed by atoms with Crippen LogP contribution in [0.25, 0.3) is 0 Å². The summed E-state index contributed by atoms with van der Waals surface area (Å²) in [7, 11) is 0. The average molecular weight is 356 g/mol. The van der Waals surface area contributed by atoms with E-state index < -0.39 is 23.4 Å². The third kappa shape index (κ3) is 3.48. The lowest BCUT2D eigenvalue weighted by Crippen LogP contribution is -2.48. The van der Waals surface area contributed by atoms with E-state index in [1.807, 2.05) is 12.1 Å². The highest BCUT2D eigenvalue weighted by atomic mass is 32.2. The molecule has 1 aromatic carbocycles. The van der Waals surface area contributed by atoms with E-state index in [0.717, 1.165) is 5.01 Å². The van der Waals surface area contributed by atoms with Gasteiger partial charge in [0.05, 0.1) is 10.8 Å². The van der Waals surface area contributed by atoms with Gasteiger partial charge in [-0.2, -0.15) is 5.01 Å². The minimum Gasteiger partial charge on any atom is -0.318 e. The van der Waals surface area contributed by atoms with Gasteiger partial charge in [-0.3, -0.25) is 15.0 Å². The summed E-state index contributed by atoms with van der Waals surface area (Å²) in [4.78, 5) is 41.0. The highest BCUT2D eigenvalue weighted by molar-refractivity contribution is 7.99. The van der Waals surface area contributed by atoms with E-state index in [2.05, 4.69) is 15.7 Å². The fourth-order valence-corrected chi connectivity index (χ4v) is 3.09. The van der Waals surface area contributed by atoms with Gasteiger partial charge in [0, 0.05) is 6.20 Å². The number of thioether (sulfide) groups is 1. The maximum atomic E-state index is 12.7. The van der Waals surface area contributed by atoms with E-state index in [-0.39, 0.29) is 5.75 Å². The lowest BCUT2D eigenvalue weighted by Gasteiger charge is -2.22. The number of aromatic nitrogens is 1. The fourth-order valence-electron chi connectivity index (χ4n) is 2.44. The van der Waals surface area contributed by atoms with Crippen LogP contribution in [0.5, 0.6) is 0 Å². The molecule has 1 saturated heterocycles. The second kappa shape index (κ2) is 6.94. The Morgan fingerprint density at radius 3 is 2.60 bits per heavy atom. The van der Waals surface area contributed by atoms with Crippen molar-refractivity contribution < 1.29 is 14.4 Å². The molecule has 3 rings (SSSR count). The summed E-state index contributed by atoms with van der Waals surface area (Å²) >= 11 is 1.22. The van der Waals surface area contributed by atoms with E-state index >= 15 is 0 Å². The number of urea groups is 1. The summed E-state index contributed by atoms with van der Waals surface area (Å²) < 4.78 is 0. The Labute approximate surface area is 148 Å². The van der Waals surface area contributed by atoms with Crippen molar-refractivity contribution in [1.29, 1.82) is 0 Å². The van der Waals surface area contributed by atoms with E-state index in [1.54, 1.807) is 49.5 Å². The molecular formula is C17H16N4O3S. The number of hydrogen-bond donors (Lipinski definition) is 2. The summed E-state index contributed by atoms with van der Waals surface area (Å²) in [6, 6.07) is 13.6. The SMILES string of the molecule is CC1(c2ccccc2)NC(=O)N(NC(=O)CSc2ccccn2)C1=O. The van der Waals surface area contributed by atoms with Crippen molar-refractivity contribution in [3.05, 3.63) is 60.3 Å². The van der Waals surface area contributed by atoms with Gasteiger partial charge in [0.15, 0.2) is 0 Å². The molecule has 2 aromatic rings. The predicted molar refractivity (Wildman–Crippen MR) is 92.3 cm³/mol. The van der Waals surface area contributed by atoms with E-state index in [4.69, 9.17) is 0 Å². The maximum Gasteiger partial charge on any atom is 0.344 e. The van der Waals surface area contributed by atoms with Gasteiger partial charge in [0.1, 0.15) is 5.54 Å². The van der Waals surface area contributed by atoms with Crippen LogP contribution in [0, 0.1) is 0 Å². The molecule has 4 amide bonds. The molecule has 1 unspecified atom stereocenters. The number of benzene rings is 1. The first-order valence-corrected chi connectivity index (χ1v) is 8.55. The van der Waals surface area contributed by atoms with Crippen molar-refractivity contribution in [3.63, 3.8) is 0 Å². The first kappa shape index (κ1) is 17.0. The third-order valence-electron chi connectivity index (χ3n) is 3.77. The van der Waals surface area contributed by atoms with Crippen LogP contribution in [0.15, 0.2) is 59.8 Å². The molecule has 0 aliphatic carbocycles. The number of hydrogen-bond acceptors (Lipinski definition) is 5. The minimum atomic E-state index is -1.21. The number of nitrogens with one attached hydrogen (secondary N) is 2. The van der Waals surface area contributed by atoms with Crippen molar-refractivity contribution in [3.8, 4) is 0 Å². The quantitative estimate of drug-likeness (QED) is 0.628. The summed E-state index contributed by atoms with van der Waals surface area (Å²) in [6.07, 6.45) is 1.63. The van der Waals surface area contributed by atoms with Gasteiger partial charge in [-0.25, -0.2) is 9.78 Å². The van der Waals surface area contributed by atoms with Gasteiger partial charge in [0.25, 0.3) is 5.91 Å². The van der Waals surface area contributed by atoms with Crippen LogP contribution < -0.4 is 10.7 Å². The summed E-state index contributed by atoms with van der Waals surface area (Å²) in [5.74, 6) is -0.952. The Morgan fingerprint density at radius 2 is 1.92 bits per heavy atom. The lowest BCUT2D eigenvalue weighted by atomic mass is 9.92. The van der Waals surface area contributed by atoms with E-state index in [9.17, 15) is 14.4 Å². The predicted octanol–water partition coefficient (Wildman–Crippen LogP) is 1.67. The number of pyridine rings is 1. The van der Waals surface area contributed by atoms with Crippen molar-refractivity contribution in [2.45, 2.75) is 17.5 Å². The molecule has 0 saturated carbocycles. The lowest BCUT2D eigenvalue weighted by molar-refractivity contribution is -0.138.